The Morgan fingerprint density at radius 3 is 2.74 bits per heavy atom. The van der Waals surface area contributed by atoms with Gasteiger partial charge in [0.15, 0.2) is 0 Å². The van der Waals surface area contributed by atoms with E-state index in [-0.39, 0.29) is 12.3 Å². The van der Waals surface area contributed by atoms with Crippen molar-refractivity contribution in [2.24, 2.45) is 5.10 Å². The molecule has 0 aliphatic heterocycles. The van der Waals surface area contributed by atoms with Crippen LogP contribution in [0.2, 0.25) is 10.0 Å². The van der Waals surface area contributed by atoms with Crippen LogP contribution in [0.3, 0.4) is 0 Å². The first kappa shape index (κ1) is 17.9. The Kier molecular flexibility index (Phi) is 6.96. The lowest BCUT2D eigenvalue weighted by Gasteiger charge is -2.08. The van der Waals surface area contributed by atoms with Crippen LogP contribution in [0.5, 0.6) is 0 Å². The Labute approximate surface area is 150 Å². The van der Waals surface area contributed by atoms with E-state index in [0.717, 1.165) is 21.8 Å². The lowest BCUT2D eigenvalue weighted by atomic mass is 10.1. The third-order valence-electron chi connectivity index (χ3n) is 2.92. The van der Waals surface area contributed by atoms with Crippen LogP contribution in [0.1, 0.15) is 18.1 Å². The van der Waals surface area contributed by atoms with Crippen LogP contribution in [0.15, 0.2) is 52.5 Å². The minimum absolute atomic E-state index is 0.191. The number of amides is 1. The first-order valence-electron chi connectivity index (χ1n) is 7.07. The van der Waals surface area contributed by atoms with Gasteiger partial charge in [0.05, 0.1) is 12.6 Å². The van der Waals surface area contributed by atoms with Crippen molar-refractivity contribution in [3.8, 4) is 0 Å². The van der Waals surface area contributed by atoms with Gasteiger partial charge in [-0.05, 0) is 47.2 Å². The minimum atomic E-state index is -0.191. The number of hydrogen-bond acceptors (Lipinski definition) is 3. The van der Waals surface area contributed by atoms with Gasteiger partial charge in [0.2, 0.25) is 5.91 Å². The molecule has 0 atom stereocenters. The van der Waals surface area contributed by atoms with E-state index >= 15 is 0 Å². The van der Waals surface area contributed by atoms with Gasteiger partial charge in [-0.15, -0.1) is 11.8 Å². The molecule has 0 aromatic heterocycles. The fourth-order valence-electron chi connectivity index (χ4n) is 1.96. The molecule has 0 unspecified atom stereocenters. The summed E-state index contributed by atoms with van der Waals surface area (Å²) in [4.78, 5) is 13.1. The summed E-state index contributed by atoms with van der Waals surface area (Å²) in [6.07, 6.45) is 1.79. The fourth-order valence-corrected chi connectivity index (χ4v) is 3.15. The Morgan fingerprint density at radius 2 is 2.00 bits per heavy atom. The van der Waals surface area contributed by atoms with Crippen molar-refractivity contribution in [2.75, 3.05) is 5.75 Å². The van der Waals surface area contributed by atoms with Crippen LogP contribution < -0.4 is 5.43 Å². The first-order chi connectivity index (χ1) is 11.1. The number of hydrogen-bond donors (Lipinski definition) is 1. The molecule has 0 heterocycles. The molecule has 0 saturated carbocycles. The van der Waals surface area contributed by atoms with Crippen molar-refractivity contribution in [1.82, 2.24) is 5.43 Å². The maximum Gasteiger partial charge on any atom is 0.244 e. The topological polar surface area (TPSA) is 41.5 Å². The summed E-state index contributed by atoms with van der Waals surface area (Å²) in [5.74, 6) is 0.742. The molecule has 0 aliphatic rings. The molecule has 0 saturated heterocycles. The van der Waals surface area contributed by atoms with Crippen LogP contribution in [0.25, 0.3) is 0 Å². The van der Waals surface area contributed by atoms with Crippen molar-refractivity contribution in [2.45, 2.75) is 18.2 Å². The number of nitrogens with one attached hydrogen (secondary N) is 1. The average Bonchev–Trinajstić information content (AvgIpc) is 2.50. The van der Waals surface area contributed by atoms with E-state index in [0.29, 0.717) is 10.0 Å². The molecule has 2 aromatic rings. The highest BCUT2D eigenvalue weighted by molar-refractivity contribution is 7.99. The van der Waals surface area contributed by atoms with Crippen LogP contribution in [0.4, 0.5) is 0 Å². The number of carbonyl (C=O) groups excluding carboxylic acids is 1. The molecule has 0 bridgehead atoms. The van der Waals surface area contributed by atoms with Crippen molar-refractivity contribution < 1.29 is 4.79 Å². The third kappa shape index (κ3) is 5.90. The molecule has 1 amide bonds. The molecule has 1 N–H and O–H groups in total. The Bertz CT molecular complexity index is 719. The van der Waals surface area contributed by atoms with E-state index in [1.807, 2.05) is 30.3 Å². The maximum absolute atomic E-state index is 12.0. The van der Waals surface area contributed by atoms with Crippen LogP contribution in [-0.2, 0) is 11.2 Å². The second kappa shape index (κ2) is 8.96. The van der Waals surface area contributed by atoms with Crippen LogP contribution >= 0.6 is 35.0 Å². The fraction of sp³-hybridized carbons (Fsp3) is 0.176. The molecule has 2 aromatic carbocycles. The standard InChI is InChI=1S/C17H16Cl2N2OS/c1-2-23-16-7-6-15(19)9-13(16)10-17(22)21-20-11-12-4-3-5-14(18)8-12/h3-9,11H,2,10H2,1H3,(H,21,22)/b20-11-. The highest BCUT2D eigenvalue weighted by Crippen LogP contribution is 2.26. The summed E-state index contributed by atoms with van der Waals surface area (Å²) in [5, 5.41) is 5.20. The minimum Gasteiger partial charge on any atom is -0.273 e. The van der Waals surface area contributed by atoms with E-state index in [4.69, 9.17) is 23.2 Å². The maximum atomic E-state index is 12.0. The van der Waals surface area contributed by atoms with Crippen LogP contribution in [0, 0.1) is 0 Å². The van der Waals surface area contributed by atoms with Gasteiger partial charge < -0.3 is 0 Å². The molecule has 3 nitrogen and oxygen atoms in total. The first-order valence-corrected chi connectivity index (χ1v) is 8.81. The van der Waals surface area contributed by atoms with Crippen molar-refractivity contribution in [1.29, 1.82) is 0 Å². The second-order valence-electron chi connectivity index (χ2n) is 4.71. The Morgan fingerprint density at radius 1 is 1.22 bits per heavy atom. The Hall–Kier alpha value is -1.49. The van der Waals surface area contributed by atoms with Gasteiger partial charge >= 0.3 is 0 Å². The quantitative estimate of drug-likeness (QED) is 0.453. The number of thioether (sulfide) groups is 1. The molecular formula is C17H16Cl2N2OS. The zero-order chi connectivity index (χ0) is 16.7. The van der Waals surface area contributed by atoms with Crippen LogP contribution in [-0.4, -0.2) is 17.9 Å². The van der Waals surface area contributed by atoms with Gasteiger partial charge in [-0.3, -0.25) is 4.79 Å². The lowest BCUT2D eigenvalue weighted by molar-refractivity contribution is -0.120. The van der Waals surface area contributed by atoms with Gasteiger partial charge in [0, 0.05) is 14.9 Å². The highest BCUT2D eigenvalue weighted by Gasteiger charge is 2.08. The van der Waals surface area contributed by atoms with Gasteiger partial charge in [-0.25, -0.2) is 5.43 Å². The van der Waals surface area contributed by atoms with E-state index in [1.165, 1.54) is 0 Å². The molecule has 0 radical (unpaired) electrons. The van der Waals surface area contributed by atoms with E-state index in [2.05, 4.69) is 17.5 Å². The Balaban J connectivity index is 1.98. The van der Waals surface area contributed by atoms with Gasteiger partial charge in [0.25, 0.3) is 0 Å². The molecule has 120 valence electrons. The van der Waals surface area contributed by atoms with E-state index in [9.17, 15) is 4.79 Å². The number of halogens is 2. The average molecular weight is 367 g/mol. The zero-order valence-corrected chi connectivity index (χ0v) is 14.9. The largest absolute Gasteiger partial charge is 0.273 e. The lowest BCUT2D eigenvalue weighted by Crippen LogP contribution is -2.20. The molecular weight excluding hydrogens is 351 g/mol. The summed E-state index contributed by atoms with van der Waals surface area (Å²) in [5.41, 5.74) is 4.25. The van der Waals surface area contributed by atoms with E-state index in [1.54, 1.807) is 30.1 Å². The number of benzene rings is 2. The number of hydrazone groups is 1. The second-order valence-corrected chi connectivity index (χ2v) is 6.89. The summed E-state index contributed by atoms with van der Waals surface area (Å²) in [6, 6.07) is 12.8. The van der Waals surface area contributed by atoms with E-state index < -0.39 is 0 Å². The highest BCUT2D eigenvalue weighted by atomic mass is 35.5. The summed E-state index contributed by atoms with van der Waals surface area (Å²) < 4.78 is 0. The van der Waals surface area contributed by atoms with Gasteiger partial charge in [0.1, 0.15) is 0 Å². The number of nitrogens with zero attached hydrogens (tertiary/aromatic N) is 1. The monoisotopic (exact) mass is 366 g/mol. The molecule has 0 spiro atoms. The van der Waals surface area contributed by atoms with Crippen molar-refractivity contribution >= 4 is 47.1 Å². The summed E-state index contributed by atoms with van der Waals surface area (Å²) >= 11 is 13.6. The normalized spacial score (nSPS) is 10.9. The third-order valence-corrected chi connectivity index (χ3v) is 4.39. The zero-order valence-electron chi connectivity index (χ0n) is 12.6. The predicted molar refractivity (Wildman–Crippen MR) is 98.7 cm³/mol. The number of carbonyl (C=O) groups is 1. The molecule has 23 heavy (non-hydrogen) atoms. The number of rotatable bonds is 6. The van der Waals surface area contributed by atoms with Gasteiger partial charge in [-0.1, -0.05) is 42.3 Å². The molecule has 6 heteroatoms. The molecule has 0 fully saturated rings. The molecule has 2 rings (SSSR count). The SMILES string of the molecule is CCSc1ccc(Cl)cc1CC(=O)N/N=C\c1cccc(Cl)c1. The van der Waals surface area contributed by atoms with Gasteiger partial charge in [-0.2, -0.15) is 5.10 Å². The molecule has 0 aliphatic carbocycles. The summed E-state index contributed by atoms with van der Waals surface area (Å²) in [7, 11) is 0. The predicted octanol–water partition coefficient (Wildman–Crippen LogP) is 4.80. The van der Waals surface area contributed by atoms with Crippen molar-refractivity contribution in [3.05, 3.63) is 63.6 Å². The smallest absolute Gasteiger partial charge is 0.244 e. The van der Waals surface area contributed by atoms with Crippen molar-refractivity contribution in [3.63, 3.8) is 0 Å². The summed E-state index contributed by atoms with van der Waals surface area (Å²) in [6.45, 7) is 2.07.